The summed E-state index contributed by atoms with van der Waals surface area (Å²) in [6.07, 6.45) is 0.785. The zero-order valence-electron chi connectivity index (χ0n) is 16.3. The molecule has 0 unspecified atom stereocenters. The van der Waals surface area contributed by atoms with Crippen molar-refractivity contribution in [2.24, 2.45) is 0 Å². The van der Waals surface area contributed by atoms with E-state index in [1.54, 1.807) is 23.1 Å². The predicted octanol–water partition coefficient (Wildman–Crippen LogP) is 2.42. The van der Waals surface area contributed by atoms with Crippen molar-refractivity contribution in [3.63, 3.8) is 0 Å². The number of nitrogens with zero attached hydrogens (tertiary/aromatic N) is 2. The van der Waals surface area contributed by atoms with E-state index in [9.17, 15) is 14.4 Å². The number of carbonyl (C=O) groups is 3. The highest BCUT2D eigenvalue weighted by molar-refractivity contribution is 6.07. The largest absolute Gasteiger partial charge is 0.496 e. The number of urea groups is 1. The van der Waals surface area contributed by atoms with Crippen LogP contribution in [0.2, 0.25) is 0 Å². The van der Waals surface area contributed by atoms with Crippen LogP contribution in [-0.4, -0.2) is 53.4 Å². The Labute approximate surface area is 169 Å². The van der Waals surface area contributed by atoms with E-state index in [4.69, 9.17) is 4.74 Å². The molecule has 2 aliphatic heterocycles. The van der Waals surface area contributed by atoms with Crippen molar-refractivity contribution in [3.8, 4) is 5.75 Å². The molecule has 1 N–H and O–H groups in total. The summed E-state index contributed by atoms with van der Waals surface area (Å²) in [5, 5.41) is 2.89. The Kier molecular flexibility index (Phi) is 4.96. The van der Waals surface area contributed by atoms with Crippen molar-refractivity contribution < 1.29 is 19.1 Å². The van der Waals surface area contributed by atoms with Gasteiger partial charge in [-0.05, 0) is 30.5 Å². The van der Waals surface area contributed by atoms with Gasteiger partial charge in [0.2, 0.25) is 0 Å². The standard InChI is InChI=1S/C22H23N3O4/c1-29-18-10-6-5-9-17(18)19(26)24-13-11-22(12-14-24)20(27)25(21(28)23-22)15-16-7-3-2-4-8-16/h2-10H,11-15H2,1H3,(H,23,28). The van der Waals surface area contributed by atoms with E-state index in [0.717, 1.165) is 5.56 Å². The van der Waals surface area contributed by atoms with Gasteiger partial charge in [0.05, 0.1) is 19.2 Å². The van der Waals surface area contributed by atoms with E-state index in [1.807, 2.05) is 36.4 Å². The molecule has 2 aliphatic rings. The molecule has 2 heterocycles. The van der Waals surface area contributed by atoms with E-state index in [1.165, 1.54) is 12.0 Å². The highest BCUT2D eigenvalue weighted by Crippen LogP contribution is 2.31. The SMILES string of the molecule is COc1ccccc1C(=O)N1CCC2(CC1)NC(=O)N(Cc1ccccc1)C2=O. The molecular weight excluding hydrogens is 370 g/mol. The number of hydrogen-bond acceptors (Lipinski definition) is 4. The quantitative estimate of drug-likeness (QED) is 0.810. The smallest absolute Gasteiger partial charge is 0.325 e. The van der Waals surface area contributed by atoms with Crippen molar-refractivity contribution >= 4 is 17.8 Å². The van der Waals surface area contributed by atoms with Crippen LogP contribution in [0, 0.1) is 0 Å². The molecule has 2 saturated heterocycles. The Morgan fingerprint density at radius 1 is 1.03 bits per heavy atom. The number of imide groups is 1. The predicted molar refractivity (Wildman–Crippen MR) is 106 cm³/mol. The first-order valence-corrected chi connectivity index (χ1v) is 9.64. The third-order valence-electron chi connectivity index (χ3n) is 5.67. The Hall–Kier alpha value is -3.35. The van der Waals surface area contributed by atoms with Crippen LogP contribution in [0.1, 0.15) is 28.8 Å². The Morgan fingerprint density at radius 2 is 1.69 bits per heavy atom. The number of hydrogen-bond donors (Lipinski definition) is 1. The van der Waals surface area contributed by atoms with Crippen LogP contribution in [0.3, 0.4) is 0 Å². The Balaban J connectivity index is 1.45. The fourth-order valence-electron chi connectivity index (χ4n) is 4.01. The monoisotopic (exact) mass is 393 g/mol. The molecule has 0 aliphatic carbocycles. The molecule has 150 valence electrons. The fraction of sp³-hybridized carbons (Fsp3) is 0.318. The number of ether oxygens (including phenoxy) is 1. The highest BCUT2D eigenvalue weighted by Gasteiger charge is 2.52. The van der Waals surface area contributed by atoms with Crippen LogP contribution < -0.4 is 10.1 Å². The van der Waals surface area contributed by atoms with Crippen molar-refractivity contribution in [3.05, 3.63) is 65.7 Å². The van der Waals surface area contributed by atoms with Gasteiger partial charge in [-0.15, -0.1) is 0 Å². The number of methoxy groups -OCH3 is 1. The topological polar surface area (TPSA) is 79.0 Å². The average molecular weight is 393 g/mol. The summed E-state index contributed by atoms with van der Waals surface area (Å²) in [4.78, 5) is 41.4. The van der Waals surface area contributed by atoms with Crippen LogP contribution in [0.4, 0.5) is 4.79 Å². The van der Waals surface area contributed by atoms with E-state index < -0.39 is 5.54 Å². The summed E-state index contributed by atoms with van der Waals surface area (Å²) >= 11 is 0. The van der Waals surface area contributed by atoms with Crippen LogP contribution in [0.5, 0.6) is 5.75 Å². The molecule has 7 nitrogen and oxygen atoms in total. The van der Waals surface area contributed by atoms with E-state index in [0.29, 0.717) is 37.2 Å². The molecule has 0 bridgehead atoms. The van der Waals surface area contributed by atoms with Gasteiger partial charge < -0.3 is 15.0 Å². The van der Waals surface area contributed by atoms with E-state index in [-0.39, 0.29) is 24.4 Å². The first-order chi connectivity index (χ1) is 14.0. The molecule has 2 fully saturated rings. The van der Waals surface area contributed by atoms with Crippen molar-refractivity contribution in [1.82, 2.24) is 15.1 Å². The number of rotatable bonds is 4. The third kappa shape index (κ3) is 3.44. The Morgan fingerprint density at radius 3 is 2.38 bits per heavy atom. The zero-order chi connectivity index (χ0) is 20.4. The lowest BCUT2D eigenvalue weighted by atomic mass is 9.87. The Bertz CT molecular complexity index is 936. The summed E-state index contributed by atoms with van der Waals surface area (Å²) in [6.45, 7) is 1.03. The fourth-order valence-corrected chi connectivity index (χ4v) is 4.01. The summed E-state index contributed by atoms with van der Waals surface area (Å²) in [5.74, 6) is 0.183. The van der Waals surface area contributed by atoms with Crippen LogP contribution >= 0.6 is 0 Å². The summed E-state index contributed by atoms with van der Waals surface area (Å²) in [7, 11) is 1.53. The van der Waals surface area contributed by atoms with Crippen LogP contribution in [-0.2, 0) is 11.3 Å². The highest BCUT2D eigenvalue weighted by atomic mass is 16.5. The second-order valence-corrected chi connectivity index (χ2v) is 7.38. The molecule has 0 atom stereocenters. The van der Waals surface area contributed by atoms with Crippen molar-refractivity contribution in [1.29, 1.82) is 0 Å². The molecule has 1 spiro atoms. The number of carbonyl (C=O) groups excluding carboxylic acids is 3. The first-order valence-electron chi connectivity index (χ1n) is 9.64. The van der Waals surface area contributed by atoms with Crippen LogP contribution in [0.15, 0.2) is 54.6 Å². The van der Waals surface area contributed by atoms with Gasteiger partial charge in [-0.2, -0.15) is 0 Å². The van der Waals surface area contributed by atoms with Crippen LogP contribution in [0.25, 0.3) is 0 Å². The second-order valence-electron chi connectivity index (χ2n) is 7.38. The zero-order valence-corrected chi connectivity index (χ0v) is 16.3. The maximum absolute atomic E-state index is 13.1. The van der Waals surface area contributed by atoms with Gasteiger partial charge >= 0.3 is 6.03 Å². The van der Waals surface area contributed by atoms with Gasteiger partial charge in [0.25, 0.3) is 11.8 Å². The van der Waals surface area contributed by atoms with E-state index in [2.05, 4.69) is 5.32 Å². The molecule has 0 saturated carbocycles. The minimum atomic E-state index is -0.927. The lowest BCUT2D eigenvalue weighted by molar-refractivity contribution is -0.133. The normalized spacial score (nSPS) is 18.1. The summed E-state index contributed by atoms with van der Waals surface area (Å²) < 4.78 is 5.29. The van der Waals surface area contributed by atoms with E-state index >= 15 is 0 Å². The number of benzene rings is 2. The first kappa shape index (κ1) is 19.0. The minimum absolute atomic E-state index is 0.129. The van der Waals surface area contributed by atoms with Gasteiger partial charge in [0.15, 0.2) is 0 Å². The molecule has 4 rings (SSSR count). The molecule has 0 aromatic heterocycles. The summed E-state index contributed by atoms with van der Waals surface area (Å²) in [5.41, 5.74) is 0.471. The number of piperidine rings is 1. The third-order valence-corrected chi connectivity index (χ3v) is 5.67. The minimum Gasteiger partial charge on any atom is -0.496 e. The van der Waals surface area contributed by atoms with Gasteiger partial charge in [0, 0.05) is 13.1 Å². The molecule has 4 amide bonds. The summed E-state index contributed by atoms with van der Waals surface area (Å²) in [6, 6.07) is 16.2. The van der Waals surface area contributed by atoms with Gasteiger partial charge in [0.1, 0.15) is 11.3 Å². The number of amides is 4. The second kappa shape index (κ2) is 7.58. The molecule has 7 heteroatoms. The number of likely N-dealkylation sites (tertiary alicyclic amines) is 1. The van der Waals surface area contributed by atoms with Gasteiger partial charge in [-0.1, -0.05) is 42.5 Å². The average Bonchev–Trinajstić information content (AvgIpc) is 2.98. The molecule has 2 aromatic rings. The number of para-hydroxylation sites is 1. The lowest BCUT2D eigenvalue weighted by Gasteiger charge is -2.37. The lowest BCUT2D eigenvalue weighted by Crippen LogP contribution is -2.55. The van der Waals surface area contributed by atoms with Gasteiger partial charge in [-0.25, -0.2) is 4.79 Å². The molecular formula is C22H23N3O4. The number of nitrogens with one attached hydrogen (secondary N) is 1. The molecule has 29 heavy (non-hydrogen) atoms. The maximum Gasteiger partial charge on any atom is 0.325 e. The molecule has 2 aromatic carbocycles. The van der Waals surface area contributed by atoms with Crippen molar-refractivity contribution in [2.75, 3.05) is 20.2 Å². The molecule has 0 radical (unpaired) electrons. The van der Waals surface area contributed by atoms with Crippen molar-refractivity contribution in [2.45, 2.75) is 24.9 Å². The maximum atomic E-state index is 13.1. The van der Waals surface area contributed by atoms with Gasteiger partial charge in [-0.3, -0.25) is 14.5 Å².